The van der Waals surface area contributed by atoms with Gasteiger partial charge in [-0.2, -0.15) is 0 Å². The van der Waals surface area contributed by atoms with Gasteiger partial charge >= 0.3 is 5.97 Å². The molecule has 0 aliphatic rings. The van der Waals surface area contributed by atoms with E-state index in [1.165, 1.54) is 24.3 Å². The highest BCUT2D eigenvalue weighted by molar-refractivity contribution is 7.91. The van der Waals surface area contributed by atoms with Crippen LogP contribution in [0.1, 0.15) is 15.9 Å². The number of hydrogen-bond acceptors (Lipinski definition) is 6. The number of carbonyl (C=O) groups excluding carboxylic acids is 1. The summed E-state index contributed by atoms with van der Waals surface area (Å²) in [7, 11) is -2.73. The van der Waals surface area contributed by atoms with Crippen molar-refractivity contribution in [2.75, 3.05) is 17.7 Å². The van der Waals surface area contributed by atoms with Gasteiger partial charge in [-0.05, 0) is 48.9 Å². The molecule has 2 aromatic carbocycles. The van der Waals surface area contributed by atoms with E-state index in [1.807, 2.05) is 0 Å². The van der Waals surface area contributed by atoms with Crippen LogP contribution in [0.3, 0.4) is 0 Å². The van der Waals surface area contributed by atoms with Crippen molar-refractivity contribution in [2.45, 2.75) is 11.8 Å². The Morgan fingerprint density at radius 3 is 2.52 bits per heavy atom. The first-order chi connectivity index (χ1) is 13.5. The second-order valence-electron chi connectivity index (χ2n) is 6.14. The number of carbonyl (C=O) groups is 1. The third-order valence-electron chi connectivity index (χ3n) is 4.21. The number of hydrogen-bond donors (Lipinski definition) is 1. The second-order valence-corrected chi connectivity index (χ2v) is 9.99. The molecule has 0 saturated carbocycles. The minimum absolute atomic E-state index is 0.0181. The largest absolute Gasteiger partial charge is 0.465 e. The van der Waals surface area contributed by atoms with E-state index in [2.05, 4.69) is 4.74 Å². The monoisotopic (exact) mass is 457 g/mol. The summed E-state index contributed by atoms with van der Waals surface area (Å²) in [6, 6.07) is 7.79. The molecule has 0 bridgehead atoms. The first-order valence-electron chi connectivity index (χ1n) is 8.06. The van der Waals surface area contributed by atoms with E-state index in [1.54, 1.807) is 13.0 Å². The van der Waals surface area contributed by atoms with E-state index >= 15 is 0 Å². The van der Waals surface area contributed by atoms with Crippen molar-refractivity contribution in [2.24, 2.45) is 0 Å². The number of methoxy groups -OCH3 is 1. The summed E-state index contributed by atoms with van der Waals surface area (Å²) >= 11 is -1.52. The van der Waals surface area contributed by atoms with Gasteiger partial charge in [0.2, 0.25) is 0 Å². The van der Waals surface area contributed by atoms with Crippen LogP contribution in [0, 0.1) is 12.7 Å². The number of fused-ring (bicyclic) bond motifs is 1. The van der Waals surface area contributed by atoms with Crippen LogP contribution >= 0.6 is 11.3 Å². The van der Waals surface area contributed by atoms with Crippen molar-refractivity contribution in [3.8, 4) is 0 Å². The standard InChI is InChI=1S/C18H16FNO6S3/c1-10-13-9-12(19)5-7-15(13)27-17(10)20(28(22)23)14-6-4-11(18(21)26-2)8-16(14)29(3,24)25/h4-9H,1-3H3,(H,22,23). The van der Waals surface area contributed by atoms with E-state index in [9.17, 15) is 26.4 Å². The average molecular weight is 458 g/mol. The molecule has 1 unspecified atom stereocenters. The van der Waals surface area contributed by atoms with Gasteiger partial charge in [0.25, 0.3) is 11.3 Å². The zero-order valence-electron chi connectivity index (χ0n) is 15.5. The first-order valence-corrected chi connectivity index (χ1v) is 11.8. The lowest BCUT2D eigenvalue weighted by Crippen LogP contribution is -2.21. The van der Waals surface area contributed by atoms with E-state index in [4.69, 9.17) is 0 Å². The molecule has 1 N–H and O–H groups in total. The van der Waals surface area contributed by atoms with Gasteiger partial charge in [-0.3, -0.25) is 4.55 Å². The van der Waals surface area contributed by atoms with Gasteiger partial charge in [0.1, 0.15) is 10.8 Å². The molecule has 3 rings (SSSR count). The Labute approximate surface area is 173 Å². The summed E-state index contributed by atoms with van der Waals surface area (Å²) in [6.07, 6.45) is 0.929. The smallest absolute Gasteiger partial charge is 0.337 e. The molecular formula is C18H16FNO6S3. The molecule has 3 aromatic rings. The topological polar surface area (TPSA) is 101 Å². The normalized spacial score (nSPS) is 12.7. The van der Waals surface area contributed by atoms with Crippen LogP contribution in [-0.4, -0.2) is 36.5 Å². The molecule has 0 saturated heterocycles. The van der Waals surface area contributed by atoms with Gasteiger partial charge in [-0.15, -0.1) is 11.3 Å². The van der Waals surface area contributed by atoms with E-state index in [0.29, 0.717) is 15.6 Å². The summed E-state index contributed by atoms with van der Waals surface area (Å²) in [6.45, 7) is 1.65. The third kappa shape index (κ3) is 4.04. The summed E-state index contributed by atoms with van der Waals surface area (Å²) in [5.74, 6) is -1.20. The number of halogens is 1. The predicted octanol–water partition coefficient (Wildman–Crippen LogP) is 3.81. The molecule has 11 heteroatoms. The number of nitrogens with zero attached hydrogens (tertiary/aromatic N) is 1. The molecule has 0 fully saturated rings. The first kappa shape index (κ1) is 21.4. The molecule has 154 valence electrons. The molecular weight excluding hydrogens is 441 g/mol. The number of anilines is 2. The second kappa shape index (κ2) is 7.82. The zero-order chi connectivity index (χ0) is 21.5. The van der Waals surface area contributed by atoms with Crippen molar-refractivity contribution in [1.82, 2.24) is 0 Å². The number of aryl methyl sites for hydroxylation is 1. The van der Waals surface area contributed by atoms with Crippen molar-refractivity contribution in [1.29, 1.82) is 0 Å². The van der Waals surface area contributed by atoms with Gasteiger partial charge in [-0.25, -0.2) is 26.1 Å². The average Bonchev–Trinajstić information content (AvgIpc) is 2.96. The highest BCUT2D eigenvalue weighted by Crippen LogP contribution is 2.43. The fourth-order valence-electron chi connectivity index (χ4n) is 2.86. The van der Waals surface area contributed by atoms with Crippen LogP contribution in [0.5, 0.6) is 0 Å². The number of sulfone groups is 1. The van der Waals surface area contributed by atoms with E-state index in [-0.39, 0.29) is 21.1 Å². The number of ether oxygens (including phenoxy) is 1. The Hall–Kier alpha value is -2.34. The highest BCUT2D eigenvalue weighted by atomic mass is 32.2. The van der Waals surface area contributed by atoms with Gasteiger partial charge in [0.15, 0.2) is 9.84 Å². The van der Waals surface area contributed by atoms with E-state index in [0.717, 1.165) is 35.1 Å². The Morgan fingerprint density at radius 1 is 1.24 bits per heavy atom. The molecule has 7 nitrogen and oxygen atoms in total. The molecule has 1 aromatic heterocycles. The van der Waals surface area contributed by atoms with Crippen LogP contribution in [-0.2, 0) is 25.8 Å². The number of esters is 1. The SMILES string of the molecule is COC(=O)c1ccc(N(c2sc3ccc(F)cc3c2C)S(=O)O)c(S(C)(=O)=O)c1. The van der Waals surface area contributed by atoms with Gasteiger partial charge in [0.05, 0.1) is 23.3 Å². The Kier molecular flexibility index (Phi) is 5.77. The lowest BCUT2D eigenvalue weighted by Gasteiger charge is -2.22. The predicted molar refractivity (Wildman–Crippen MR) is 110 cm³/mol. The fraction of sp³-hybridized carbons (Fsp3) is 0.167. The maximum absolute atomic E-state index is 13.6. The third-order valence-corrected chi connectivity index (χ3v) is 7.40. The van der Waals surface area contributed by atoms with Crippen molar-refractivity contribution in [3.05, 3.63) is 53.3 Å². The molecule has 0 aliphatic heterocycles. The van der Waals surface area contributed by atoms with Crippen LogP contribution in [0.15, 0.2) is 41.3 Å². The minimum Gasteiger partial charge on any atom is -0.465 e. The van der Waals surface area contributed by atoms with Crippen LogP contribution in [0.2, 0.25) is 0 Å². The minimum atomic E-state index is -3.88. The zero-order valence-corrected chi connectivity index (χ0v) is 18.0. The molecule has 0 aliphatic carbocycles. The van der Waals surface area contributed by atoms with Crippen LogP contribution in [0.25, 0.3) is 10.1 Å². The van der Waals surface area contributed by atoms with Gasteiger partial charge in [0, 0.05) is 16.3 Å². The Bertz CT molecular complexity index is 1250. The molecule has 0 spiro atoms. The molecule has 1 atom stereocenters. The molecule has 29 heavy (non-hydrogen) atoms. The van der Waals surface area contributed by atoms with E-state index < -0.39 is 32.9 Å². The lowest BCUT2D eigenvalue weighted by molar-refractivity contribution is 0.0600. The number of rotatable bonds is 5. The Morgan fingerprint density at radius 2 is 1.93 bits per heavy atom. The van der Waals surface area contributed by atoms with Crippen molar-refractivity contribution in [3.63, 3.8) is 0 Å². The maximum atomic E-state index is 13.6. The summed E-state index contributed by atoms with van der Waals surface area (Å²) in [5.41, 5.74) is 0.412. The van der Waals surface area contributed by atoms with Crippen LogP contribution in [0.4, 0.5) is 15.1 Å². The molecule has 0 amide bonds. The fourth-order valence-corrected chi connectivity index (χ4v) is 5.82. The maximum Gasteiger partial charge on any atom is 0.337 e. The number of benzene rings is 2. The summed E-state index contributed by atoms with van der Waals surface area (Å²) in [4.78, 5) is 11.5. The van der Waals surface area contributed by atoms with Crippen LogP contribution < -0.4 is 4.31 Å². The Balaban J connectivity index is 2.30. The number of thiophene rings is 1. The summed E-state index contributed by atoms with van der Waals surface area (Å²) in [5, 5.41) is 0.828. The van der Waals surface area contributed by atoms with Crippen molar-refractivity contribution < 1.29 is 31.1 Å². The highest BCUT2D eigenvalue weighted by Gasteiger charge is 2.28. The lowest BCUT2D eigenvalue weighted by atomic mass is 10.1. The molecule has 0 radical (unpaired) electrons. The quantitative estimate of drug-likeness (QED) is 0.462. The van der Waals surface area contributed by atoms with Gasteiger partial charge in [-0.1, -0.05) is 0 Å². The van der Waals surface area contributed by atoms with Gasteiger partial charge < -0.3 is 4.74 Å². The summed E-state index contributed by atoms with van der Waals surface area (Å²) < 4.78 is 66.8. The molecule has 1 heterocycles. The van der Waals surface area contributed by atoms with Crippen molar-refractivity contribution >= 4 is 59.2 Å².